The second-order valence-electron chi connectivity index (χ2n) is 5.31. The van der Waals surface area contributed by atoms with Crippen LogP contribution in [0.1, 0.15) is 38.7 Å². The van der Waals surface area contributed by atoms with E-state index in [4.69, 9.17) is 11.6 Å². The summed E-state index contributed by atoms with van der Waals surface area (Å²) < 4.78 is 0. The molecule has 1 unspecified atom stereocenters. The molecule has 3 nitrogen and oxygen atoms in total. The first-order valence-corrected chi connectivity index (χ1v) is 8.82. The zero-order chi connectivity index (χ0) is 15.7. The van der Waals surface area contributed by atoms with Gasteiger partial charge in [0.1, 0.15) is 5.54 Å². The summed E-state index contributed by atoms with van der Waals surface area (Å²) in [5.74, 6) is 1.03. The Labute approximate surface area is 136 Å². The summed E-state index contributed by atoms with van der Waals surface area (Å²) in [4.78, 5) is 11.4. The van der Waals surface area contributed by atoms with Crippen LogP contribution in [0.25, 0.3) is 0 Å². The summed E-state index contributed by atoms with van der Waals surface area (Å²) in [5.41, 5.74) is 0.315. The van der Waals surface area contributed by atoms with Crippen molar-refractivity contribution >= 4 is 29.3 Å². The van der Waals surface area contributed by atoms with E-state index >= 15 is 0 Å². The minimum atomic E-state index is -0.818. The smallest absolute Gasteiger partial charge is 0.323 e. The average molecular weight is 330 g/mol. The van der Waals surface area contributed by atoms with Crippen LogP contribution < -0.4 is 5.32 Å². The molecule has 0 spiro atoms. The molecule has 0 fully saturated rings. The molecule has 0 amide bonds. The highest BCUT2D eigenvalue weighted by atomic mass is 35.5. The third-order valence-electron chi connectivity index (χ3n) is 3.42. The van der Waals surface area contributed by atoms with E-state index in [0.29, 0.717) is 6.42 Å². The van der Waals surface area contributed by atoms with Crippen molar-refractivity contribution in [3.05, 3.63) is 34.9 Å². The predicted molar refractivity (Wildman–Crippen MR) is 91.2 cm³/mol. The zero-order valence-corrected chi connectivity index (χ0v) is 14.3. The molecule has 1 aromatic rings. The van der Waals surface area contributed by atoms with Crippen LogP contribution in [0.5, 0.6) is 0 Å². The Hall–Kier alpha value is -0.710. The Morgan fingerprint density at radius 2 is 2.14 bits per heavy atom. The van der Waals surface area contributed by atoms with E-state index < -0.39 is 11.5 Å². The van der Waals surface area contributed by atoms with Gasteiger partial charge in [-0.05, 0) is 50.1 Å². The summed E-state index contributed by atoms with van der Waals surface area (Å²) in [5, 5.41) is 13.3. The molecule has 0 aliphatic rings. The molecule has 2 N–H and O–H groups in total. The number of carbonyl (C=O) groups is 1. The number of carboxylic acids is 1. The van der Waals surface area contributed by atoms with E-state index in [2.05, 4.69) is 5.32 Å². The van der Waals surface area contributed by atoms with Crippen LogP contribution in [0, 0.1) is 0 Å². The molecule has 0 saturated heterocycles. The van der Waals surface area contributed by atoms with Crippen molar-refractivity contribution in [1.29, 1.82) is 0 Å². The van der Waals surface area contributed by atoms with Gasteiger partial charge in [-0.15, -0.1) is 0 Å². The number of rotatable bonds is 10. The Morgan fingerprint density at radius 1 is 1.43 bits per heavy atom. The van der Waals surface area contributed by atoms with Crippen LogP contribution in [0.15, 0.2) is 24.3 Å². The number of hydrogen-bond acceptors (Lipinski definition) is 3. The van der Waals surface area contributed by atoms with Crippen molar-refractivity contribution in [3.63, 3.8) is 0 Å². The van der Waals surface area contributed by atoms with Crippen molar-refractivity contribution in [2.24, 2.45) is 0 Å². The van der Waals surface area contributed by atoms with Gasteiger partial charge in [0.25, 0.3) is 0 Å². The maximum Gasteiger partial charge on any atom is 0.323 e. The van der Waals surface area contributed by atoms with Gasteiger partial charge in [0.15, 0.2) is 0 Å². The third kappa shape index (κ3) is 6.29. The molecule has 0 bridgehead atoms. The fourth-order valence-electron chi connectivity index (χ4n) is 2.00. The molecule has 0 aliphatic heterocycles. The number of hydrogen-bond donors (Lipinski definition) is 2. The quantitative estimate of drug-likeness (QED) is 0.632. The van der Waals surface area contributed by atoms with E-state index in [1.165, 1.54) is 0 Å². The SMILES string of the molecule is CCCNC(C)(CCCSCc1ccccc1Cl)C(=O)O. The van der Waals surface area contributed by atoms with Crippen LogP contribution in [0.4, 0.5) is 0 Å². The average Bonchev–Trinajstić information content (AvgIpc) is 2.46. The van der Waals surface area contributed by atoms with Crippen LogP contribution in [0.2, 0.25) is 5.02 Å². The van der Waals surface area contributed by atoms with Crippen LogP contribution >= 0.6 is 23.4 Å². The summed E-state index contributed by atoms with van der Waals surface area (Å²) in [6, 6.07) is 7.83. The predicted octanol–water partition coefficient (Wildman–Crippen LogP) is 4.20. The van der Waals surface area contributed by atoms with Crippen LogP contribution in [-0.2, 0) is 10.5 Å². The number of benzene rings is 1. The lowest BCUT2D eigenvalue weighted by atomic mass is 9.96. The lowest BCUT2D eigenvalue weighted by molar-refractivity contribution is -0.144. The first-order valence-electron chi connectivity index (χ1n) is 7.29. The maximum atomic E-state index is 11.4. The van der Waals surface area contributed by atoms with E-state index in [9.17, 15) is 9.90 Å². The van der Waals surface area contributed by atoms with Crippen molar-refractivity contribution in [1.82, 2.24) is 5.32 Å². The summed E-state index contributed by atoms with van der Waals surface area (Å²) in [7, 11) is 0. The third-order valence-corrected chi connectivity index (χ3v) is 4.88. The number of aliphatic carboxylic acids is 1. The molecule has 0 heterocycles. The molecule has 0 saturated carbocycles. The van der Waals surface area contributed by atoms with E-state index in [1.807, 2.05) is 31.2 Å². The molecule has 0 aliphatic carbocycles. The normalized spacial score (nSPS) is 13.9. The molecule has 0 radical (unpaired) electrons. The Bertz CT molecular complexity index is 456. The molecule has 118 valence electrons. The highest BCUT2D eigenvalue weighted by molar-refractivity contribution is 7.98. The second kappa shape index (κ2) is 9.34. The van der Waals surface area contributed by atoms with Gasteiger partial charge in [-0.3, -0.25) is 4.79 Å². The molecule has 0 aromatic heterocycles. The van der Waals surface area contributed by atoms with Crippen LogP contribution in [-0.4, -0.2) is 28.9 Å². The van der Waals surface area contributed by atoms with Gasteiger partial charge in [-0.25, -0.2) is 0 Å². The van der Waals surface area contributed by atoms with Gasteiger partial charge in [-0.1, -0.05) is 36.7 Å². The molecule has 21 heavy (non-hydrogen) atoms. The van der Waals surface area contributed by atoms with Crippen LogP contribution in [0.3, 0.4) is 0 Å². The van der Waals surface area contributed by atoms with E-state index in [-0.39, 0.29) is 0 Å². The zero-order valence-electron chi connectivity index (χ0n) is 12.7. The molecular formula is C16H24ClNO2S. The highest BCUT2D eigenvalue weighted by Gasteiger charge is 2.31. The van der Waals surface area contributed by atoms with Gasteiger partial charge >= 0.3 is 5.97 Å². The maximum absolute atomic E-state index is 11.4. The van der Waals surface area contributed by atoms with E-state index in [0.717, 1.165) is 41.5 Å². The van der Waals surface area contributed by atoms with Gasteiger partial charge < -0.3 is 10.4 Å². The minimum Gasteiger partial charge on any atom is -0.480 e. The summed E-state index contributed by atoms with van der Waals surface area (Å²) in [6.45, 7) is 4.54. The largest absolute Gasteiger partial charge is 0.480 e. The summed E-state index contributed by atoms with van der Waals surface area (Å²) in [6.07, 6.45) is 2.44. The number of nitrogens with one attached hydrogen (secondary N) is 1. The lowest BCUT2D eigenvalue weighted by Gasteiger charge is -2.26. The fraction of sp³-hybridized carbons (Fsp3) is 0.562. The second-order valence-corrected chi connectivity index (χ2v) is 6.82. The number of carboxylic acid groups (broad SMARTS) is 1. The topological polar surface area (TPSA) is 49.3 Å². The Kier molecular flexibility index (Phi) is 8.15. The Morgan fingerprint density at radius 3 is 2.76 bits per heavy atom. The van der Waals surface area contributed by atoms with Gasteiger partial charge in [-0.2, -0.15) is 11.8 Å². The summed E-state index contributed by atoms with van der Waals surface area (Å²) >= 11 is 7.90. The van der Waals surface area contributed by atoms with Crippen molar-refractivity contribution in [2.45, 2.75) is 44.4 Å². The molecule has 5 heteroatoms. The van der Waals surface area contributed by atoms with Crippen molar-refractivity contribution in [2.75, 3.05) is 12.3 Å². The first-order chi connectivity index (χ1) is 9.99. The number of thioether (sulfide) groups is 1. The molecule has 1 aromatic carbocycles. The number of halogens is 1. The molecular weight excluding hydrogens is 306 g/mol. The van der Waals surface area contributed by atoms with Gasteiger partial charge in [0, 0.05) is 10.8 Å². The Balaban J connectivity index is 2.32. The van der Waals surface area contributed by atoms with Crippen molar-refractivity contribution < 1.29 is 9.90 Å². The minimum absolute atomic E-state index is 0.637. The molecule has 1 rings (SSSR count). The van der Waals surface area contributed by atoms with E-state index in [1.54, 1.807) is 18.7 Å². The monoisotopic (exact) mass is 329 g/mol. The van der Waals surface area contributed by atoms with Gasteiger partial charge in [0.2, 0.25) is 0 Å². The van der Waals surface area contributed by atoms with Gasteiger partial charge in [0.05, 0.1) is 0 Å². The standard InChI is InChI=1S/C16H24ClNO2S/c1-3-10-18-16(2,15(19)20)9-6-11-21-12-13-7-4-5-8-14(13)17/h4-5,7-8,18H,3,6,9-12H2,1-2H3,(H,19,20). The molecule has 1 atom stereocenters. The lowest BCUT2D eigenvalue weighted by Crippen LogP contribution is -2.49. The fourth-order valence-corrected chi connectivity index (χ4v) is 3.24. The first kappa shape index (κ1) is 18.3. The highest BCUT2D eigenvalue weighted by Crippen LogP contribution is 2.22. The van der Waals surface area contributed by atoms with Crippen molar-refractivity contribution in [3.8, 4) is 0 Å².